The molecule has 0 fully saturated rings. The largest absolute Gasteiger partial charge is 0.476 e. The molecule has 0 bridgehead atoms. The molecule has 0 atom stereocenters. The van der Waals surface area contributed by atoms with Gasteiger partial charge >= 0.3 is 0 Å². The van der Waals surface area contributed by atoms with Crippen molar-refractivity contribution in [2.24, 2.45) is 0 Å². The number of hydrogen-bond acceptors (Lipinski definition) is 6. The average Bonchev–Trinajstić information content (AvgIpc) is 2.29. The van der Waals surface area contributed by atoms with E-state index in [0.717, 1.165) is 18.7 Å². The van der Waals surface area contributed by atoms with Gasteiger partial charge in [-0.1, -0.05) is 0 Å². The standard InChI is InChI=1S/C10H18N4OS/c1-3-15-10-8(11)9(13-7-14-10)12-5-4-6-16-2/h7H,3-6,11H2,1-2H3,(H,12,13,14). The van der Waals surface area contributed by atoms with Crippen molar-refractivity contribution in [3.63, 3.8) is 0 Å². The Morgan fingerprint density at radius 2 is 2.31 bits per heavy atom. The minimum atomic E-state index is 0.449. The first-order valence-corrected chi connectivity index (χ1v) is 6.65. The van der Waals surface area contributed by atoms with E-state index in [1.54, 1.807) is 0 Å². The SMILES string of the molecule is CCOc1ncnc(NCCCSC)c1N. The summed E-state index contributed by atoms with van der Waals surface area (Å²) in [6.07, 6.45) is 4.62. The van der Waals surface area contributed by atoms with Crippen LogP contribution in [0.4, 0.5) is 11.5 Å². The predicted octanol–water partition coefficient (Wildman–Crippen LogP) is 1.62. The lowest BCUT2D eigenvalue weighted by Crippen LogP contribution is -2.09. The third-order valence-electron chi connectivity index (χ3n) is 1.95. The van der Waals surface area contributed by atoms with Gasteiger partial charge in [0.05, 0.1) is 6.61 Å². The molecule has 6 heteroatoms. The van der Waals surface area contributed by atoms with Crippen LogP contribution in [-0.4, -0.2) is 35.1 Å². The van der Waals surface area contributed by atoms with Gasteiger partial charge in [0.1, 0.15) is 12.0 Å². The van der Waals surface area contributed by atoms with Gasteiger partial charge in [0.2, 0.25) is 5.88 Å². The zero-order valence-corrected chi connectivity index (χ0v) is 10.5. The summed E-state index contributed by atoms with van der Waals surface area (Å²) in [6.45, 7) is 3.30. The summed E-state index contributed by atoms with van der Waals surface area (Å²) >= 11 is 1.82. The lowest BCUT2D eigenvalue weighted by atomic mass is 10.4. The monoisotopic (exact) mass is 242 g/mol. The Labute approximate surface area is 100 Å². The second kappa shape index (κ2) is 7.16. The molecule has 0 aliphatic heterocycles. The maximum Gasteiger partial charge on any atom is 0.242 e. The molecule has 3 N–H and O–H groups in total. The molecule has 16 heavy (non-hydrogen) atoms. The summed E-state index contributed by atoms with van der Waals surface area (Å²) in [7, 11) is 0. The first kappa shape index (κ1) is 12.9. The lowest BCUT2D eigenvalue weighted by molar-refractivity contribution is 0.328. The Morgan fingerprint density at radius 1 is 1.50 bits per heavy atom. The van der Waals surface area contributed by atoms with Crippen molar-refractivity contribution in [2.45, 2.75) is 13.3 Å². The van der Waals surface area contributed by atoms with Crippen molar-refractivity contribution < 1.29 is 4.74 Å². The summed E-state index contributed by atoms with van der Waals surface area (Å²) in [6, 6.07) is 0. The molecule has 1 aromatic heterocycles. The van der Waals surface area contributed by atoms with E-state index in [9.17, 15) is 0 Å². The van der Waals surface area contributed by atoms with Crippen molar-refractivity contribution >= 4 is 23.3 Å². The van der Waals surface area contributed by atoms with Gasteiger partial charge in [0.25, 0.3) is 0 Å². The summed E-state index contributed by atoms with van der Waals surface area (Å²) in [5, 5.41) is 3.18. The number of hydrogen-bond donors (Lipinski definition) is 2. The number of anilines is 2. The summed E-state index contributed by atoms with van der Waals surface area (Å²) in [4.78, 5) is 8.06. The van der Waals surface area contributed by atoms with Crippen LogP contribution in [0.1, 0.15) is 13.3 Å². The highest BCUT2D eigenvalue weighted by Crippen LogP contribution is 2.24. The Morgan fingerprint density at radius 3 is 3.00 bits per heavy atom. The third-order valence-corrected chi connectivity index (χ3v) is 2.64. The smallest absolute Gasteiger partial charge is 0.242 e. The number of ether oxygens (including phenoxy) is 1. The van der Waals surface area contributed by atoms with E-state index >= 15 is 0 Å². The van der Waals surface area contributed by atoms with Crippen LogP contribution in [0.3, 0.4) is 0 Å². The number of aromatic nitrogens is 2. The first-order chi connectivity index (χ1) is 7.79. The third kappa shape index (κ3) is 3.77. The molecule has 1 aromatic rings. The van der Waals surface area contributed by atoms with E-state index < -0.39 is 0 Å². The van der Waals surface area contributed by atoms with Crippen LogP contribution in [0.25, 0.3) is 0 Å². The molecule has 90 valence electrons. The van der Waals surface area contributed by atoms with Crippen molar-refractivity contribution in [1.29, 1.82) is 0 Å². The van der Waals surface area contributed by atoms with Gasteiger partial charge in [-0.3, -0.25) is 0 Å². The van der Waals surface area contributed by atoms with Crippen molar-refractivity contribution in [2.75, 3.05) is 36.2 Å². The van der Waals surface area contributed by atoms with Crippen LogP contribution < -0.4 is 15.8 Å². The molecule has 0 unspecified atom stereocenters. The number of nitrogens with one attached hydrogen (secondary N) is 1. The van der Waals surface area contributed by atoms with Crippen LogP contribution in [0.2, 0.25) is 0 Å². The second-order valence-electron chi connectivity index (χ2n) is 3.15. The van der Waals surface area contributed by atoms with Crippen LogP contribution in [0, 0.1) is 0 Å². The van der Waals surface area contributed by atoms with Gasteiger partial charge in [-0.2, -0.15) is 16.7 Å². The molecule has 1 heterocycles. The highest BCUT2D eigenvalue weighted by Gasteiger charge is 2.07. The van der Waals surface area contributed by atoms with Crippen molar-refractivity contribution in [3.05, 3.63) is 6.33 Å². The number of thioether (sulfide) groups is 1. The molecular weight excluding hydrogens is 224 g/mol. The maximum atomic E-state index is 5.87. The number of nitrogen functional groups attached to an aromatic ring is 1. The second-order valence-corrected chi connectivity index (χ2v) is 4.13. The van der Waals surface area contributed by atoms with E-state index in [4.69, 9.17) is 10.5 Å². The van der Waals surface area contributed by atoms with Gasteiger partial charge in [-0.05, 0) is 25.4 Å². The topological polar surface area (TPSA) is 73.1 Å². The fourth-order valence-corrected chi connectivity index (χ4v) is 1.63. The normalized spacial score (nSPS) is 10.1. The zero-order chi connectivity index (χ0) is 11.8. The molecule has 1 rings (SSSR count). The van der Waals surface area contributed by atoms with Gasteiger partial charge in [-0.15, -0.1) is 0 Å². The molecule has 0 aromatic carbocycles. The summed E-state index contributed by atoms with van der Waals surface area (Å²) in [5.74, 6) is 2.22. The van der Waals surface area contributed by atoms with E-state index in [0.29, 0.717) is 24.0 Å². The zero-order valence-electron chi connectivity index (χ0n) is 9.69. The van der Waals surface area contributed by atoms with Gasteiger partial charge in [0, 0.05) is 6.54 Å². The summed E-state index contributed by atoms with van der Waals surface area (Å²) in [5.41, 5.74) is 6.35. The number of nitrogens with two attached hydrogens (primary N) is 1. The van der Waals surface area contributed by atoms with E-state index in [-0.39, 0.29) is 0 Å². The summed E-state index contributed by atoms with van der Waals surface area (Å²) < 4.78 is 5.28. The molecule has 0 spiro atoms. The molecule has 5 nitrogen and oxygen atoms in total. The van der Waals surface area contributed by atoms with E-state index in [1.165, 1.54) is 6.33 Å². The van der Waals surface area contributed by atoms with Crippen molar-refractivity contribution in [1.82, 2.24) is 9.97 Å². The fraction of sp³-hybridized carbons (Fsp3) is 0.600. The molecule has 0 amide bonds. The molecule has 0 aliphatic carbocycles. The number of nitrogens with zero attached hydrogens (tertiary/aromatic N) is 2. The molecule has 0 radical (unpaired) electrons. The molecular formula is C10H18N4OS. The number of rotatable bonds is 7. The minimum absolute atomic E-state index is 0.449. The van der Waals surface area contributed by atoms with Crippen LogP contribution in [0.15, 0.2) is 6.33 Å². The Hall–Kier alpha value is -1.17. The van der Waals surface area contributed by atoms with E-state index in [2.05, 4.69) is 21.5 Å². The quantitative estimate of drug-likeness (QED) is 0.708. The Balaban J connectivity index is 2.55. The van der Waals surface area contributed by atoms with Crippen LogP contribution >= 0.6 is 11.8 Å². The highest BCUT2D eigenvalue weighted by molar-refractivity contribution is 7.98. The molecule has 0 aliphatic rings. The maximum absolute atomic E-state index is 5.87. The van der Waals surface area contributed by atoms with Gasteiger partial charge in [-0.25, -0.2) is 4.98 Å². The van der Waals surface area contributed by atoms with Crippen LogP contribution in [0.5, 0.6) is 5.88 Å². The van der Waals surface area contributed by atoms with Crippen LogP contribution in [-0.2, 0) is 0 Å². The molecule has 0 saturated heterocycles. The lowest BCUT2D eigenvalue weighted by Gasteiger charge is -2.10. The Bertz CT molecular complexity index is 322. The molecule has 0 saturated carbocycles. The fourth-order valence-electron chi connectivity index (χ4n) is 1.20. The highest BCUT2D eigenvalue weighted by atomic mass is 32.2. The van der Waals surface area contributed by atoms with Gasteiger partial charge in [0.15, 0.2) is 5.82 Å². The Kier molecular flexibility index (Phi) is 5.77. The van der Waals surface area contributed by atoms with Gasteiger partial charge < -0.3 is 15.8 Å². The average molecular weight is 242 g/mol. The first-order valence-electron chi connectivity index (χ1n) is 5.25. The van der Waals surface area contributed by atoms with Crippen molar-refractivity contribution in [3.8, 4) is 5.88 Å². The minimum Gasteiger partial charge on any atom is -0.476 e. The van der Waals surface area contributed by atoms with E-state index in [1.807, 2.05) is 18.7 Å². The predicted molar refractivity (Wildman–Crippen MR) is 69.1 cm³/mol.